The Morgan fingerprint density at radius 2 is 1.90 bits per heavy atom. The maximum atomic E-state index is 13.1. The Hall–Kier alpha value is -3.55. The van der Waals surface area contributed by atoms with Crippen molar-refractivity contribution in [3.05, 3.63) is 64.4 Å². The first-order chi connectivity index (χ1) is 14.9. The highest BCUT2D eigenvalue weighted by molar-refractivity contribution is 5.83. The predicted molar refractivity (Wildman–Crippen MR) is 117 cm³/mol. The number of aromatic nitrogens is 3. The van der Waals surface area contributed by atoms with Gasteiger partial charge in [-0.25, -0.2) is 4.68 Å². The number of fused-ring (bicyclic) bond motifs is 3. The van der Waals surface area contributed by atoms with E-state index in [4.69, 9.17) is 9.15 Å². The molecule has 0 fully saturated rings. The highest BCUT2D eigenvalue weighted by Gasteiger charge is 2.22. The van der Waals surface area contributed by atoms with E-state index < -0.39 is 6.04 Å². The van der Waals surface area contributed by atoms with Crippen molar-refractivity contribution in [1.29, 1.82) is 0 Å². The van der Waals surface area contributed by atoms with Gasteiger partial charge in [0.15, 0.2) is 5.58 Å². The van der Waals surface area contributed by atoms with E-state index in [1.54, 1.807) is 29.7 Å². The normalized spacial score (nSPS) is 12.5. The minimum Gasteiger partial charge on any atom is -0.491 e. The molecule has 3 heterocycles. The third-order valence-corrected chi connectivity index (χ3v) is 5.16. The topological polar surface area (TPSA) is 90.8 Å². The van der Waals surface area contributed by atoms with Gasteiger partial charge in [0, 0.05) is 25.1 Å². The molecule has 0 saturated carbocycles. The second kappa shape index (κ2) is 8.29. The van der Waals surface area contributed by atoms with Gasteiger partial charge in [0.25, 0.3) is 5.56 Å². The van der Waals surface area contributed by atoms with Crippen LogP contribution in [0, 0.1) is 0 Å². The number of hydrogen-bond acceptors (Lipinski definition) is 5. The molecule has 1 N–H and O–H groups in total. The molecule has 0 spiro atoms. The number of rotatable bonds is 7. The molecule has 1 aromatic carbocycles. The molecule has 0 saturated heterocycles. The van der Waals surface area contributed by atoms with Crippen LogP contribution in [-0.4, -0.2) is 26.2 Å². The number of aryl methyl sites for hydroxylation is 1. The van der Waals surface area contributed by atoms with Crippen LogP contribution in [0.3, 0.4) is 0 Å². The lowest BCUT2D eigenvalue weighted by molar-refractivity contribution is -0.124. The first-order valence-electron chi connectivity index (χ1n) is 10.4. The van der Waals surface area contributed by atoms with Crippen molar-refractivity contribution < 1.29 is 13.9 Å². The van der Waals surface area contributed by atoms with Gasteiger partial charge in [0.2, 0.25) is 5.91 Å². The van der Waals surface area contributed by atoms with E-state index in [9.17, 15) is 9.59 Å². The molecular weight excluding hydrogens is 396 g/mol. The van der Waals surface area contributed by atoms with E-state index in [0.29, 0.717) is 29.9 Å². The Morgan fingerprint density at radius 1 is 1.16 bits per heavy atom. The molecule has 31 heavy (non-hydrogen) atoms. The lowest BCUT2D eigenvalue weighted by Crippen LogP contribution is -2.38. The summed E-state index contributed by atoms with van der Waals surface area (Å²) in [5.41, 5.74) is 2.47. The molecule has 162 valence electrons. The predicted octanol–water partition coefficient (Wildman–Crippen LogP) is 3.47. The molecule has 1 amide bonds. The van der Waals surface area contributed by atoms with Crippen molar-refractivity contribution in [1.82, 2.24) is 19.5 Å². The monoisotopic (exact) mass is 422 g/mol. The summed E-state index contributed by atoms with van der Waals surface area (Å²) in [4.78, 5) is 25.8. The molecule has 0 bridgehead atoms. The molecule has 3 aromatic heterocycles. The molecule has 8 nitrogen and oxygen atoms in total. The summed E-state index contributed by atoms with van der Waals surface area (Å²) in [6, 6.07) is 10.3. The maximum absolute atomic E-state index is 13.1. The van der Waals surface area contributed by atoms with Crippen molar-refractivity contribution in [2.24, 2.45) is 0 Å². The zero-order valence-electron chi connectivity index (χ0n) is 18.1. The van der Waals surface area contributed by atoms with Gasteiger partial charge in [-0.05, 0) is 38.5 Å². The Kier molecular flexibility index (Phi) is 5.54. The van der Waals surface area contributed by atoms with E-state index in [0.717, 1.165) is 16.8 Å². The molecule has 0 radical (unpaired) electrons. The molecular formula is C23H26N4O4. The van der Waals surface area contributed by atoms with Gasteiger partial charge >= 0.3 is 0 Å². The third-order valence-electron chi connectivity index (χ3n) is 5.16. The molecule has 0 aliphatic rings. The summed E-state index contributed by atoms with van der Waals surface area (Å²) in [5, 5.41) is 7.37. The van der Waals surface area contributed by atoms with Gasteiger partial charge in [-0.15, -0.1) is 0 Å². The number of carbonyl (C=O) groups excluding carboxylic acids is 1. The zero-order chi connectivity index (χ0) is 22.1. The quantitative estimate of drug-likeness (QED) is 0.492. The number of amides is 1. The number of hydrogen-bond donors (Lipinski definition) is 1. The van der Waals surface area contributed by atoms with Crippen molar-refractivity contribution >= 4 is 22.5 Å². The fourth-order valence-electron chi connectivity index (χ4n) is 3.59. The fourth-order valence-corrected chi connectivity index (χ4v) is 3.59. The van der Waals surface area contributed by atoms with Crippen molar-refractivity contribution in [3.63, 3.8) is 0 Å². The Balaban J connectivity index is 1.54. The molecule has 0 aliphatic heterocycles. The Labute approximate surface area is 179 Å². The number of benzene rings is 1. The summed E-state index contributed by atoms with van der Waals surface area (Å²) >= 11 is 0. The molecule has 4 rings (SSSR count). The second-order valence-corrected chi connectivity index (χ2v) is 7.76. The van der Waals surface area contributed by atoms with Crippen molar-refractivity contribution in [3.8, 4) is 5.75 Å². The van der Waals surface area contributed by atoms with Crippen LogP contribution in [0.5, 0.6) is 5.75 Å². The molecule has 1 atom stereocenters. The second-order valence-electron chi connectivity index (χ2n) is 7.76. The highest BCUT2D eigenvalue weighted by atomic mass is 16.5. The van der Waals surface area contributed by atoms with E-state index in [1.807, 2.05) is 45.0 Å². The lowest BCUT2D eigenvalue weighted by atomic mass is 10.2. The van der Waals surface area contributed by atoms with Gasteiger partial charge in [-0.1, -0.05) is 19.1 Å². The first kappa shape index (κ1) is 20.7. The molecule has 4 aromatic rings. The van der Waals surface area contributed by atoms with Crippen LogP contribution in [0.4, 0.5) is 0 Å². The van der Waals surface area contributed by atoms with E-state index >= 15 is 0 Å². The zero-order valence-corrected chi connectivity index (χ0v) is 18.1. The van der Waals surface area contributed by atoms with E-state index in [2.05, 4.69) is 10.4 Å². The van der Waals surface area contributed by atoms with Crippen LogP contribution in [0.2, 0.25) is 0 Å². The summed E-state index contributed by atoms with van der Waals surface area (Å²) < 4.78 is 14.1. The summed E-state index contributed by atoms with van der Waals surface area (Å²) in [6.45, 7) is 7.92. The average Bonchev–Trinajstić information content (AvgIpc) is 3.34. The van der Waals surface area contributed by atoms with Crippen LogP contribution in [0.15, 0.2) is 51.9 Å². The van der Waals surface area contributed by atoms with Gasteiger partial charge in [-0.2, -0.15) is 5.10 Å². The van der Waals surface area contributed by atoms with Crippen LogP contribution < -0.4 is 15.6 Å². The summed E-state index contributed by atoms with van der Waals surface area (Å²) in [5.74, 6) is 1.19. The van der Waals surface area contributed by atoms with Gasteiger partial charge < -0.3 is 14.5 Å². The fraction of sp³-hybridized carbons (Fsp3) is 0.348. The first-order valence-corrected chi connectivity index (χ1v) is 10.4. The Morgan fingerprint density at radius 3 is 2.58 bits per heavy atom. The Bertz CT molecular complexity index is 1280. The number of nitrogens with zero attached hydrogens (tertiary/aromatic N) is 3. The van der Waals surface area contributed by atoms with E-state index in [-0.39, 0.29) is 17.6 Å². The smallest absolute Gasteiger partial charge is 0.291 e. The van der Waals surface area contributed by atoms with Gasteiger partial charge in [0.1, 0.15) is 23.1 Å². The van der Waals surface area contributed by atoms with Gasteiger partial charge in [0.05, 0.1) is 17.9 Å². The van der Waals surface area contributed by atoms with E-state index in [1.165, 1.54) is 4.68 Å². The van der Waals surface area contributed by atoms with Crippen molar-refractivity contribution in [2.45, 2.75) is 52.8 Å². The number of ether oxygens (including phenoxy) is 1. The molecule has 8 heteroatoms. The summed E-state index contributed by atoms with van der Waals surface area (Å²) in [7, 11) is 0. The number of nitrogens with one attached hydrogen (secondary N) is 1. The van der Waals surface area contributed by atoms with Crippen LogP contribution in [-0.2, 0) is 17.8 Å². The number of carbonyl (C=O) groups is 1. The molecule has 0 aliphatic carbocycles. The average molecular weight is 422 g/mol. The molecule has 0 unspecified atom stereocenters. The third kappa shape index (κ3) is 3.93. The number of furan rings is 1. The highest BCUT2D eigenvalue weighted by Crippen LogP contribution is 2.21. The standard InChI is InChI=1S/C23H26N4O4/c1-5-21-25-27(23(29)19-12-20-18(26(19)21)10-11-30-20)15(4)22(28)24-13-16-6-8-17(9-7-16)31-14(2)3/h6-12,14-15H,5,13H2,1-4H3,(H,24,28)/t15-/m1/s1. The van der Waals surface area contributed by atoms with Crippen LogP contribution in [0.1, 0.15) is 45.1 Å². The minimum absolute atomic E-state index is 0.104. The lowest BCUT2D eigenvalue weighted by Gasteiger charge is -2.16. The SMILES string of the molecule is CCc1nn([C@H](C)C(=O)NCc2ccc(OC(C)C)cc2)c(=O)c2cc3occc3n12. The maximum Gasteiger partial charge on any atom is 0.291 e. The van der Waals surface area contributed by atoms with Crippen LogP contribution in [0.25, 0.3) is 16.6 Å². The largest absolute Gasteiger partial charge is 0.491 e. The van der Waals surface area contributed by atoms with Crippen LogP contribution >= 0.6 is 0 Å². The van der Waals surface area contributed by atoms with Crippen molar-refractivity contribution in [2.75, 3.05) is 0 Å². The summed E-state index contributed by atoms with van der Waals surface area (Å²) in [6.07, 6.45) is 2.29. The van der Waals surface area contributed by atoms with Gasteiger partial charge in [-0.3, -0.25) is 14.0 Å². The minimum atomic E-state index is -0.757.